The predicted molar refractivity (Wildman–Crippen MR) is 74.3 cm³/mol. The van der Waals surface area contributed by atoms with Gasteiger partial charge in [0.05, 0.1) is 0 Å². The van der Waals surface area contributed by atoms with Gasteiger partial charge in [0.25, 0.3) is 17.9 Å². The molecular formula is C12H26N2O6. The van der Waals surface area contributed by atoms with Gasteiger partial charge < -0.3 is 26.8 Å². The molecule has 0 heterocycles. The Morgan fingerprint density at radius 2 is 0.900 bits per heavy atom. The molecule has 0 bridgehead atoms. The number of hydrogen-bond acceptors (Lipinski definition) is 5. The number of carbonyl (C=O) groups is 3. The highest BCUT2D eigenvalue weighted by Gasteiger charge is 2.16. The van der Waals surface area contributed by atoms with Crippen LogP contribution in [0.4, 0.5) is 0 Å². The largest absolute Gasteiger partial charge is 0.481 e. The first-order valence-corrected chi connectivity index (χ1v) is 6.10. The number of carboxylic acid groups (broad SMARTS) is 3. The molecule has 2 atom stereocenters. The van der Waals surface area contributed by atoms with E-state index in [1.54, 1.807) is 0 Å². The van der Waals surface area contributed by atoms with Crippen LogP contribution < -0.4 is 11.5 Å². The first-order chi connectivity index (χ1) is 9.00. The Balaban J connectivity index is -0.000000209. The van der Waals surface area contributed by atoms with Crippen molar-refractivity contribution < 1.29 is 29.7 Å². The van der Waals surface area contributed by atoms with Crippen molar-refractivity contribution in [1.29, 1.82) is 0 Å². The van der Waals surface area contributed by atoms with Crippen LogP contribution in [0.25, 0.3) is 0 Å². The molecule has 0 aliphatic heterocycles. The van der Waals surface area contributed by atoms with E-state index in [2.05, 4.69) is 0 Å². The van der Waals surface area contributed by atoms with Crippen LogP contribution >= 0.6 is 0 Å². The SMILES string of the molecule is CC(=O)O.CC(=O)O.CC(=O)O.N[C@@H]1CCCC[C@H]1N. The first-order valence-electron chi connectivity index (χ1n) is 6.10. The lowest BCUT2D eigenvalue weighted by atomic mass is 9.92. The molecule has 7 N–H and O–H groups in total. The van der Waals surface area contributed by atoms with Gasteiger partial charge in [0.2, 0.25) is 0 Å². The van der Waals surface area contributed by atoms with Crippen molar-refractivity contribution in [3.8, 4) is 0 Å². The van der Waals surface area contributed by atoms with Crippen LogP contribution in [0.3, 0.4) is 0 Å². The van der Waals surface area contributed by atoms with Crippen molar-refractivity contribution in [1.82, 2.24) is 0 Å². The van der Waals surface area contributed by atoms with E-state index in [9.17, 15) is 0 Å². The average Bonchev–Trinajstić information content (AvgIpc) is 2.20. The minimum Gasteiger partial charge on any atom is -0.481 e. The van der Waals surface area contributed by atoms with E-state index < -0.39 is 17.9 Å². The molecule has 8 heteroatoms. The van der Waals surface area contributed by atoms with Gasteiger partial charge >= 0.3 is 0 Å². The Hall–Kier alpha value is -1.67. The van der Waals surface area contributed by atoms with Crippen LogP contribution in [0.1, 0.15) is 46.5 Å². The Morgan fingerprint density at radius 1 is 0.750 bits per heavy atom. The molecule has 0 aromatic rings. The average molecular weight is 294 g/mol. The Bertz CT molecular complexity index is 233. The molecule has 1 rings (SSSR count). The standard InChI is InChI=1S/C6H14N2.3C2H4O2/c7-5-3-1-2-4-6(5)8;3*1-2(3)4/h5-6H,1-4,7-8H2;3*1H3,(H,3,4)/t5-,6-;;;/m1.../s1. The molecular weight excluding hydrogens is 268 g/mol. The van der Waals surface area contributed by atoms with E-state index in [0.29, 0.717) is 0 Å². The number of hydrogen-bond donors (Lipinski definition) is 5. The highest BCUT2D eigenvalue weighted by Crippen LogP contribution is 2.14. The zero-order valence-electron chi connectivity index (χ0n) is 12.2. The van der Waals surface area contributed by atoms with Gasteiger partial charge in [0.15, 0.2) is 0 Å². The summed E-state index contributed by atoms with van der Waals surface area (Å²) < 4.78 is 0. The Labute approximate surface area is 118 Å². The molecule has 1 aliphatic rings. The van der Waals surface area contributed by atoms with Crippen LogP contribution in [0, 0.1) is 0 Å². The fourth-order valence-corrected chi connectivity index (χ4v) is 1.19. The zero-order valence-corrected chi connectivity index (χ0v) is 12.2. The van der Waals surface area contributed by atoms with E-state index >= 15 is 0 Å². The quantitative estimate of drug-likeness (QED) is 0.430. The topological polar surface area (TPSA) is 164 Å². The summed E-state index contributed by atoms with van der Waals surface area (Å²) in [6.07, 6.45) is 4.80. The van der Waals surface area contributed by atoms with Crippen molar-refractivity contribution in [3.05, 3.63) is 0 Å². The zero-order chi connectivity index (χ0) is 16.7. The van der Waals surface area contributed by atoms with Gasteiger partial charge in [-0.25, -0.2) is 0 Å². The van der Waals surface area contributed by atoms with Crippen LogP contribution in [-0.4, -0.2) is 45.3 Å². The summed E-state index contributed by atoms with van der Waals surface area (Å²) in [6, 6.07) is 0.562. The third kappa shape index (κ3) is 44.1. The maximum Gasteiger partial charge on any atom is 0.300 e. The van der Waals surface area contributed by atoms with Gasteiger partial charge in [-0.3, -0.25) is 14.4 Å². The second-order valence-corrected chi connectivity index (χ2v) is 4.17. The van der Waals surface area contributed by atoms with E-state index in [0.717, 1.165) is 33.6 Å². The molecule has 1 fully saturated rings. The lowest BCUT2D eigenvalue weighted by Gasteiger charge is -2.24. The molecule has 20 heavy (non-hydrogen) atoms. The summed E-state index contributed by atoms with van der Waals surface area (Å²) in [5, 5.41) is 22.2. The van der Waals surface area contributed by atoms with Gasteiger partial charge in [0.1, 0.15) is 0 Å². The molecule has 0 aromatic heterocycles. The fraction of sp³-hybridized carbons (Fsp3) is 0.750. The van der Waals surface area contributed by atoms with Crippen LogP contribution in [0.2, 0.25) is 0 Å². The third-order valence-corrected chi connectivity index (χ3v) is 1.87. The van der Waals surface area contributed by atoms with Crippen molar-refractivity contribution in [3.63, 3.8) is 0 Å². The molecule has 0 unspecified atom stereocenters. The molecule has 1 saturated carbocycles. The number of aliphatic carboxylic acids is 3. The highest BCUT2D eigenvalue weighted by atomic mass is 16.4. The number of rotatable bonds is 0. The maximum atomic E-state index is 9.00. The lowest BCUT2D eigenvalue weighted by molar-refractivity contribution is -0.135. The summed E-state index contributed by atoms with van der Waals surface area (Å²) in [6.45, 7) is 3.25. The molecule has 120 valence electrons. The highest BCUT2D eigenvalue weighted by molar-refractivity contribution is 5.63. The molecule has 0 saturated heterocycles. The fourth-order valence-electron chi connectivity index (χ4n) is 1.19. The van der Waals surface area contributed by atoms with Crippen LogP contribution in [-0.2, 0) is 14.4 Å². The van der Waals surface area contributed by atoms with Gasteiger partial charge in [-0.15, -0.1) is 0 Å². The monoisotopic (exact) mass is 294 g/mol. The van der Waals surface area contributed by atoms with Crippen LogP contribution in [0.5, 0.6) is 0 Å². The van der Waals surface area contributed by atoms with Gasteiger partial charge in [0, 0.05) is 32.9 Å². The Kier molecular flexibility index (Phi) is 18.0. The minimum absolute atomic E-state index is 0.281. The van der Waals surface area contributed by atoms with Crippen LogP contribution in [0.15, 0.2) is 0 Å². The lowest BCUT2D eigenvalue weighted by Crippen LogP contribution is -2.43. The predicted octanol–water partition coefficient (Wildman–Crippen LogP) is 0.488. The minimum atomic E-state index is -0.833. The summed E-state index contributed by atoms with van der Waals surface area (Å²) in [4.78, 5) is 27.0. The van der Waals surface area contributed by atoms with Crippen molar-refractivity contribution in [2.75, 3.05) is 0 Å². The normalized spacial score (nSPS) is 19.6. The Morgan fingerprint density at radius 3 is 1.00 bits per heavy atom. The number of carboxylic acids is 3. The molecule has 0 amide bonds. The summed E-state index contributed by atoms with van der Waals surface area (Å²) in [5.74, 6) is -2.50. The van der Waals surface area contributed by atoms with Crippen molar-refractivity contribution in [2.24, 2.45) is 11.5 Å². The second-order valence-electron chi connectivity index (χ2n) is 4.17. The molecule has 0 radical (unpaired) electrons. The van der Waals surface area contributed by atoms with E-state index in [-0.39, 0.29) is 12.1 Å². The van der Waals surface area contributed by atoms with Gasteiger partial charge in [-0.05, 0) is 12.8 Å². The van der Waals surface area contributed by atoms with Gasteiger partial charge in [-0.2, -0.15) is 0 Å². The summed E-state index contributed by atoms with van der Waals surface area (Å²) >= 11 is 0. The number of nitrogens with two attached hydrogens (primary N) is 2. The van der Waals surface area contributed by atoms with Crippen molar-refractivity contribution in [2.45, 2.75) is 58.5 Å². The molecule has 8 nitrogen and oxygen atoms in total. The molecule has 1 aliphatic carbocycles. The molecule has 0 aromatic carbocycles. The maximum absolute atomic E-state index is 9.00. The third-order valence-electron chi connectivity index (χ3n) is 1.87. The van der Waals surface area contributed by atoms with E-state index in [1.165, 1.54) is 12.8 Å². The second kappa shape index (κ2) is 15.4. The van der Waals surface area contributed by atoms with Gasteiger partial charge in [-0.1, -0.05) is 12.8 Å². The first kappa shape index (κ1) is 23.4. The van der Waals surface area contributed by atoms with Crippen molar-refractivity contribution >= 4 is 17.9 Å². The van der Waals surface area contributed by atoms with E-state index in [1.807, 2.05) is 0 Å². The smallest absolute Gasteiger partial charge is 0.300 e. The molecule has 0 spiro atoms. The van der Waals surface area contributed by atoms with E-state index in [4.69, 9.17) is 41.2 Å². The summed E-state index contributed by atoms with van der Waals surface area (Å²) in [5.41, 5.74) is 11.3. The summed E-state index contributed by atoms with van der Waals surface area (Å²) in [7, 11) is 0.